The summed E-state index contributed by atoms with van der Waals surface area (Å²) in [6.07, 6.45) is 8.15. The van der Waals surface area contributed by atoms with Crippen molar-refractivity contribution in [1.82, 2.24) is 0 Å². The Bertz CT molecular complexity index is 899. The summed E-state index contributed by atoms with van der Waals surface area (Å²) in [4.78, 5) is 11.1. The maximum atomic E-state index is 11.1. The lowest BCUT2D eigenvalue weighted by Gasteiger charge is -2.53. The molecule has 1 aliphatic rings. The second-order valence-electron chi connectivity index (χ2n) is 13.5. The molecule has 0 saturated carbocycles. The minimum atomic E-state index is -2.09. The average Bonchev–Trinajstić information content (AvgIpc) is 2.64. The molecule has 0 fully saturated rings. The van der Waals surface area contributed by atoms with E-state index in [2.05, 4.69) is 105 Å². The predicted molar refractivity (Wildman–Crippen MR) is 157 cm³/mol. The van der Waals surface area contributed by atoms with Gasteiger partial charge in [-0.3, -0.25) is 4.79 Å². The number of allylic oxidation sites excluding steroid dienone is 3. The molecule has 0 saturated heterocycles. The van der Waals surface area contributed by atoms with Crippen molar-refractivity contribution in [2.75, 3.05) is 6.61 Å². The third-order valence-corrected chi connectivity index (χ3v) is 13.6. The van der Waals surface area contributed by atoms with Crippen molar-refractivity contribution < 1.29 is 14.0 Å². The Hall–Kier alpha value is -1.36. The van der Waals surface area contributed by atoms with Crippen LogP contribution in [0.1, 0.15) is 74.1 Å². The van der Waals surface area contributed by atoms with Gasteiger partial charge in [0.05, 0.1) is 6.61 Å². The van der Waals surface area contributed by atoms with Crippen LogP contribution in [0.25, 0.3) is 0 Å². The van der Waals surface area contributed by atoms with Gasteiger partial charge in [-0.2, -0.15) is 0 Å². The first-order valence-corrected chi connectivity index (χ1v) is 19.7. The zero-order valence-corrected chi connectivity index (χ0v) is 26.8. The van der Waals surface area contributed by atoms with Crippen LogP contribution in [0.4, 0.5) is 0 Å². The highest BCUT2D eigenvalue weighted by Gasteiger charge is 2.53. The second kappa shape index (κ2) is 11.8. The van der Waals surface area contributed by atoms with E-state index in [0.29, 0.717) is 6.61 Å². The summed E-state index contributed by atoms with van der Waals surface area (Å²) >= 11 is 0. The summed E-state index contributed by atoms with van der Waals surface area (Å²) in [5.74, 6) is 6.98. The molecular formula is C30H52O3Si2. The van der Waals surface area contributed by atoms with Gasteiger partial charge < -0.3 is 9.16 Å². The topological polar surface area (TPSA) is 35.5 Å². The fraction of sp³-hybridized carbons (Fsp3) is 0.700. The van der Waals surface area contributed by atoms with Crippen LogP contribution in [0.5, 0.6) is 0 Å². The number of carbonyl (C=O) groups is 1. The molecule has 0 amide bonds. The van der Waals surface area contributed by atoms with E-state index in [9.17, 15) is 4.79 Å². The number of esters is 1. The highest BCUT2D eigenvalue weighted by atomic mass is 28.4. The Morgan fingerprint density at radius 3 is 2.29 bits per heavy atom. The summed E-state index contributed by atoms with van der Waals surface area (Å²) in [6, 6.07) is 1.02. The summed E-state index contributed by atoms with van der Waals surface area (Å²) in [7, 11) is -3.38. The molecule has 1 aliphatic carbocycles. The van der Waals surface area contributed by atoms with Gasteiger partial charge in [0.25, 0.3) is 0 Å². The van der Waals surface area contributed by atoms with Crippen molar-refractivity contribution >= 4 is 22.4 Å². The van der Waals surface area contributed by atoms with Gasteiger partial charge in [0.15, 0.2) is 8.32 Å². The Labute approximate surface area is 219 Å². The van der Waals surface area contributed by atoms with E-state index in [4.69, 9.17) is 9.16 Å². The van der Waals surface area contributed by atoms with Crippen molar-refractivity contribution in [3.8, 4) is 11.8 Å². The lowest BCUT2D eigenvalue weighted by atomic mass is 9.63. The van der Waals surface area contributed by atoms with E-state index < -0.39 is 22.0 Å². The molecule has 198 valence electrons. The average molecular weight is 517 g/mol. The molecule has 0 aliphatic heterocycles. The highest BCUT2D eigenvalue weighted by molar-refractivity contribution is 6.76. The third kappa shape index (κ3) is 9.23. The molecule has 3 nitrogen and oxygen atoms in total. The van der Waals surface area contributed by atoms with Gasteiger partial charge in [-0.05, 0) is 55.9 Å². The second-order valence-corrected chi connectivity index (χ2v) is 23.7. The van der Waals surface area contributed by atoms with Crippen LogP contribution in [0.15, 0.2) is 35.5 Å². The number of hydrogen-bond acceptors (Lipinski definition) is 3. The molecular weight excluding hydrogens is 464 g/mol. The largest absolute Gasteiger partial charge is 0.466 e. The van der Waals surface area contributed by atoms with E-state index in [0.717, 1.165) is 37.3 Å². The molecule has 0 spiro atoms. The number of hydrogen-bond donors (Lipinski definition) is 0. The molecule has 0 aromatic rings. The van der Waals surface area contributed by atoms with Crippen molar-refractivity contribution in [2.45, 2.75) is 124 Å². The van der Waals surface area contributed by atoms with Crippen molar-refractivity contribution in [3.63, 3.8) is 0 Å². The van der Waals surface area contributed by atoms with Gasteiger partial charge >= 0.3 is 5.97 Å². The zero-order chi connectivity index (χ0) is 27.3. The molecule has 1 atom stereocenters. The van der Waals surface area contributed by atoms with Gasteiger partial charge in [0.1, 0.15) is 5.60 Å². The van der Waals surface area contributed by atoms with Gasteiger partial charge in [0, 0.05) is 26.8 Å². The van der Waals surface area contributed by atoms with Crippen LogP contribution in [0.2, 0.25) is 43.8 Å². The lowest BCUT2D eigenvalue weighted by Crippen LogP contribution is -2.57. The van der Waals surface area contributed by atoms with Crippen LogP contribution in [0.3, 0.4) is 0 Å². The first kappa shape index (κ1) is 31.7. The van der Waals surface area contributed by atoms with Crippen LogP contribution in [-0.2, 0) is 14.0 Å². The van der Waals surface area contributed by atoms with E-state index in [-0.39, 0.29) is 16.4 Å². The molecule has 0 heterocycles. The van der Waals surface area contributed by atoms with E-state index in [1.165, 1.54) is 18.1 Å². The van der Waals surface area contributed by atoms with Crippen LogP contribution in [-0.4, -0.2) is 34.6 Å². The maximum absolute atomic E-state index is 11.1. The summed E-state index contributed by atoms with van der Waals surface area (Å²) in [5, 5.41) is 0.0988. The van der Waals surface area contributed by atoms with Crippen LogP contribution in [0, 0.1) is 17.3 Å². The van der Waals surface area contributed by atoms with E-state index in [1.54, 1.807) is 0 Å². The van der Waals surface area contributed by atoms with Crippen LogP contribution < -0.4 is 0 Å². The quantitative estimate of drug-likeness (QED) is 0.133. The Morgan fingerprint density at radius 1 is 1.17 bits per heavy atom. The van der Waals surface area contributed by atoms with Gasteiger partial charge in [-0.25, -0.2) is 0 Å². The first-order chi connectivity index (χ1) is 15.7. The molecule has 0 N–H and O–H groups in total. The molecule has 0 aromatic heterocycles. The molecule has 5 heteroatoms. The first-order valence-electron chi connectivity index (χ1n) is 13.1. The van der Waals surface area contributed by atoms with Crippen molar-refractivity contribution in [1.29, 1.82) is 0 Å². The van der Waals surface area contributed by atoms with Crippen molar-refractivity contribution in [3.05, 3.63) is 35.5 Å². The molecule has 0 bridgehead atoms. The van der Waals surface area contributed by atoms with Gasteiger partial charge in [-0.15, -0.1) is 0 Å². The fourth-order valence-corrected chi connectivity index (χ4v) is 7.20. The molecule has 0 radical (unpaired) electrons. The van der Waals surface area contributed by atoms with Gasteiger partial charge in [-0.1, -0.05) is 96.0 Å². The summed E-state index contributed by atoms with van der Waals surface area (Å²) < 4.78 is 12.4. The summed E-state index contributed by atoms with van der Waals surface area (Å²) in [5.41, 5.74) is 2.87. The normalized spacial score (nSPS) is 21.0. The summed E-state index contributed by atoms with van der Waals surface area (Å²) in [6.45, 7) is 31.6. The molecule has 1 rings (SSSR count). The standard InChI is InChI=1S/C30H52O3Si2/c1-24(19-22-32-26(3)31)16-17-27-15-14-20-30(29(27,7)8,33-35(12,13)28(4,5)6)21-18-25(2)23-34(9,10)11/h15-16H,2,14,17,19-20,22-23H2,1,3-13H3/b24-16+. The Balaban J connectivity index is 3.36. The zero-order valence-electron chi connectivity index (χ0n) is 24.8. The Morgan fingerprint density at radius 2 is 1.77 bits per heavy atom. The minimum absolute atomic E-state index is 0.0988. The lowest BCUT2D eigenvalue weighted by molar-refractivity contribution is -0.140. The number of carbonyl (C=O) groups excluding carboxylic acids is 1. The molecule has 1 unspecified atom stereocenters. The van der Waals surface area contributed by atoms with E-state index >= 15 is 0 Å². The SMILES string of the molecule is C=C(C#CC1(O[Si](C)(C)C(C)(C)C)CCC=C(C/C=C(\C)CCOC(C)=O)C1(C)C)C[Si](C)(C)C. The monoisotopic (exact) mass is 516 g/mol. The third-order valence-electron chi connectivity index (χ3n) is 7.59. The van der Waals surface area contributed by atoms with E-state index in [1.807, 2.05) is 0 Å². The molecule has 0 aromatic carbocycles. The number of rotatable bonds is 9. The predicted octanol–water partition coefficient (Wildman–Crippen LogP) is 8.68. The Kier molecular flexibility index (Phi) is 10.7. The smallest absolute Gasteiger partial charge is 0.302 e. The minimum Gasteiger partial charge on any atom is -0.466 e. The fourth-order valence-electron chi connectivity index (χ4n) is 4.24. The maximum Gasteiger partial charge on any atom is 0.302 e. The number of ether oxygens (including phenoxy) is 1. The highest BCUT2D eigenvalue weighted by Crippen LogP contribution is 2.52. The van der Waals surface area contributed by atoms with Gasteiger partial charge in [0.2, 0.25) is 0 Å². The van der Waals surface area contributed by atoms with Crippen LogP contribution >= 0.6 is 0 Å². The van der Waals surface area contributed by atoms with Crippen molar-refractivity contribution in [2.24, 2.45) is 5.41 Å². The molecule has 35 heavy (non-hydrogen) atoms.